The van der Waals surface area contributed by atoms with Gasteiger partial charge in [0.2, 0.25) is 15.9 Å². The second-order valence-electron chi connectivity index (χ2n) is 6.96. The van der Waals surface area contributed by atoms with Gasteiger partial charge in [-0.15, -0.1) is 0 Å². The molecule has 1 amide bonds. The van der Waals surface area contributed by atoms with Crippen molar-refractivity contribution in [2.45, 2.75) is 18.6 Å². The smallest absolute Gasteiger partial charge is 0.227 e. The van der Waals surface area contributed by atoms with E-state index in [1.165, 1.54) is 29.6 Å². The first-order chi connectivity index (χ1) is 14.2. The molecule has 0 spiro atoms. The highest BCUT2D eigenvalue weighted by Gasteiger charge is 2.32. The van der Waals surface area contributed by atoms with E-state index >= 15 is 0 Å². The van der Waals surface area contributed by atoms with E-state index in [4.69, 9.17) is 27.9 Å². The number of hydrogen-bond donors (Lipinski definition) is 1. The van der Waals surface area contributed by atoms with Crippen LogP contribution in [0.4, 0.5) is 10.1 Å². The summed E-state index contributed by atoms with van der Waals surface area (Å²) in [4.78, 5) is 12.6. The number of amides is 1. The number of ether oxygens (including phenoxy) is 1. The second-order valence-corrected chi connectivity index (χ2v) is 9.78. The van der Waals surface area contributed by atoms with E-state index in [9.17, 15) is 17.6 Å². The van der Waals surface area contributed by atoms with Crippen LogP contribution in [0.5, 0.6) is 5.75 Å². The van der Waals surface area contributed by atoms with Crippen molar-refractivity contribution in [3.05, 3.63) is 57.8 Å². The zero-order valence-corrected chi connectivity index (χ0v) is 18.5. The molecule has 1 aliphatic heterocycles. The van der Waals surface area contributed by atoms with Crippen LogP contribution in [0.3, 0.4) is 0 Å². The van der Waals surface area contributed by atoms with E-state index < -0.39 is 21.6 Å². The van der Waals surface area contributed by atoms with Crippen molar-refractivity contribution >= 4 is 44.8 Å². The minimum absolute atomic E-state index is 0.0490. The van der Waals surface area contributed by atoms with Crippen molar-refractivity contribution in [2.24, 2.45) is 5.92 Å². The number of sulfonamides is 1. The third-order valence-electron chi connectivity index (χ3n) is 5.03. The average Bonchev–Trinajstić information content (AvgIpc) is 2.71. The molecule has 1 heterocycles. The number of piperidine rings is 1. The molecule has 1 aliphatic rings. The summed E-state index contributed by atoms with van der Waals surface area (Å²) < 4.78 is 45.9. The number of benzene rings is 2. The number of rotatable bonds is 6. The number of carbonyl (C=O) groups excluding carboxylic acids is 1. The first kappa shape index (κ1) is 22.8. The molecule has 10 heteroatoms. The quantitative estimate of drug-likeness (QED) is 0.676. The molecule has 0 radical (unpaired) electrons. The topological polar surface area (TPSA) is 75.7 Å². The van der Waals surface area contributed by atoms with Gasteiger partial charge in [-0.1, -0.05) is 29.3 Å². The number of halogens is 3. The van der Waals surface area contributed by atoms with E-state index in [1.807, 2.05) is 0 Å². The van der Waals surface area contributed by atoms with E-state index in [1.54, 1.807) is 18.2 Å². The summed E-state index contributed by atoms with van der Waals surface area (Å²) in [7, 11) is -2.28. The number of nitrogens with one attached hydrogen (secondary N) is 1. The molecule has 2 aromatic carbocycles. The van der Waals surface area contributed by atoms with Crippen LogP contribution in [-0.4, -0.2) is 38.8 Å². The van der Waals surface area contributed by atoms with Gasteiger partial charge >= 0.3 is 0 Å². The Labute approximate surface area is 185 Å². The molecule has 0 bridgehead atoms. The molecule has 6 nitrogen and oxygen atoms in total. The monoisotopic (exact) mass is 474 g/mol. The summed E-state index contributed by atoms with van der Waals surface area (Å²) in [6, 6.07) is 8.96. The van der Waals surface area contributed by atoms with Gasteiger partial charge in [-0.2, -0.15) is 0 Å². The molecule has 0 atom stereocenters. The van der Waals surface area contributed by atoms with Crippen LogP contribution >= 0.6 is 23.2 Å². The summed E-state index contributed by atoms with van der Waals surface area (Å²) in [5.74, 6) is -1.29. The molecule has 1 N–H and O–H groups in total. The van der Waals surface area contributed by atoms with Gasteiger partial charge in [-0.3, -0.25) is 4.79 Å². The van der Waals surface area contributed by atoms with Crippen LogP contribution in [0.25, 0.3) is 0 Å². The minimum atomic E-state index is -3.77. The number of hydrogen-bond acceptors (Lipinski definition) is 4. The van der Waals surface area contributed by atoms with Gasteiger partial charge < -0.3 is 10.1 Å². The normalized spacial score (nSPS) is 15.7. The Balaban J connectivity index is 1.63. The summed E-state index contributed by atoms with van der Waals surface area (Å²) in [5, 5.41) is 3.33. The van der Waals surface area contributed by atoms with Gasteiger partial charge in [0, 0.05) is 34.6 Å². The molecule has 2 aromatic rings. The first-order valence-electron chi connectivity index (χ1n) is 9.26. The molecule has 1 fully saturated rings. The number of nitrogens with zero attached hydrogens (tertiary/aromatic N) is 1. The average molecular weight is 475 g/mol. The molecular weight excluding hydrogens is 454 g/mol. The molecule has 0 unspecified atom stereocenters. The highest BCUT2D eigenvalue weighted by molar-refractivity contribution is 7.88. The van der Waals surface area contributed by atoms with Crippen molar-refractivity contribution in [1.82, 2.24) is 4.31 Å². The predicted molar refractivity (Wildman–Crippen MR) is 115 cm³/mol. The molecule has 162 valence electrons. The Morgan fingerprint density at radius 1 is 1.23 bits per heavy atom. The summed E-state index contributed by atoms with van der Waals surface area (Å²) in [6.45, 7) is 0.332. The lowest BCUT2D eigenvalue weighted by Gasteiger charge is -2.30. The molecule has 0 saturated carbocycles. The molecule has 1 saturated heterocycles. The predicted octanol–water partition coefficient (Wildman–Crippen LogP) is 4.32. The molecule has 30 heavy (non-hydrogen) atoms. The number of methoxy groups -OCH3 is 1. The van der Waals surface area contributed by atoms with Gasteiger partial charge in [0.15, 0.2) is 0 Å². The third kappa shape index (κ3) is 5.24. The fraction of sp³-hybridized carbons (Fsp3) is 0.350. The van der Waals surface area contributed by atoms with Crippen molar-refractivity contribution < 1.29 is 22.3 Å². The zero-order valence-electron chi connectivity index (χ0n) is 16.2. The van der Waals surface area contributed by atoms with E-state index in [0.29, 0.717) is 29.3 Å². The summed E-state index contributed by atoms with van der Waals surface area (Å²) >= 11 is 11.9. The maximum Gasteiger partial charge on any atom is 0.227 e. The van der Waals surface area contributed by atoms with Gasteiger partial charge in [-0.05, 0) is 43.2 Å². The van der Waals surface area contributed by atoms with Crippen molar-refractivity contribution in [3.8, 4) is 5.75 Å². The maximum absolute atomic E-state index is 14.0. The van der Waals surface area contributed by atoms with Crippen LogP contribution in [0.15, 0.2) is 36.4 Å². The molecule has 3 rings (SSSR count). The SMILES string of the molecule is COc1ccc(Cl)cc1NC(=O)C1CCN(S(=O)(=O)Cc2c(F)cccc2Cl)CC1. The Bertz CT molecular complexity index is 1020. The standard InChI is InChI=1S/C20H21Cl2FN2O4S/c1-29-19-6-5-14(21)11-18(19)24-20(26)13-7-9-25(10-8-13)30(27,28)12-15-16(22)3-2-4-17(15)23/h2-6,11,13H,7-10,12H2,1H3,(H,24,26). The first-order valence-corrected chi connectivity index (χ1v) is 11.6. The van der Waals surface area contributed by atoms with Gasteiger partial charge in [-0.25, -0.2) is 17.1 Å². The van der Waals surface area contributed by atoms with E-state index in [-0.39, 0.29) is 35.5 Å². The molecular formula is C20H21Cl2FN2O4S. The second kappa shape index (κ2) is 9.51. The van der Waals surface area contributed by atoms with Gasteiger partial charge in [0.25, 0.3) is 0 Å². The van der Waals surface area contributed by atoms with Gasteiger partial charge in [0.1, 0.15) is 11.6 Å². The Kier molecular flexibility index (Phi) is 7.23. The summed E-state index contributed by atoms with van der Waals surface area (Å²) in [5.41, 5.74) is 0.409. The van der Waals surface area contributed by atoms with E-state index in [0.717, 1.165) is 0 Å². The highest BCUT2D eigenvalue weighted by atomic mass is 35.5. The van der Waals surface area contributed by atoms with Crippen molar-refractivity contribution in [1.29, 1.82) is 0 Å². The van der Waals surface area contributed by atoms with Crippen LogP contribution in [-0.2, 0) is 20.6 Å². The van der Waals surface area contributed by atoms with Crippen LogP contribution in [0, 0.1) is 11.7 Å². The Morgan fingerprint density at radius 3 is 2.57 bits per heavy atom. The lowest BCUT2D eigenvalue weighted by molar-refractivity contribution is -0.120. The van der Waals surface area contributed by atoms with E-state index in [2.05, 4.69) is 5.32 Å². The maximum atomic E-state index is 14.0. The Hall–Kier alpha value is -1.87. The van der Waals surface area contributed by atoms with Crippen LogP contribution in [0.1, 0.15) is 18.4 Å². The fourth-order valence-electron chi connectivity index (χ4n) is 3.35. The highest BCUT2D eigenvalue weighted by Crippen LogP contribution is 2.30. The zero-order chi connectivity index (χ0) is 21.9. The fourth-order valence-corrected chi connectivity index (χ4v) is 5.44. The Morgan fingerprint density at radius 2 is 1.93 bits per heavy atom. The lowest BCUT2D eigenvalue weighted by atomic mass is 9.97. The van der Waals surface area contributed by atoms with Crippen LogP contribution in [0.2, 0.25) is 10.0 Å². The largest absolute Gasteiger partial charge is 0.495 e. The molecule has 0 aromatic heterocycles. The van der Waals surface area contributed by atoms with Gasteiger partial charge in [0.05, 0.1) is 18.6 Å². The lowest BCUT2D eigenvalue weighted by Crippen LogP contribution is -2.42. The molecule has 0 aliphatic carbocycles. The van der Waals surface area contributed by atoms with Crippen molar-refractivity contribution in [3.63, 3.8) is 0 Å². The number of anilines is 1. The number of carbonyl (C=O) groups is 1. The summed E-state index contributed by atoms with van der Waals surface area (Å²) in [6.07, 6.45) is 0.692. The van der Waals surface area contributed by atoms with Crippen molar-refractivity contribution in [2.75, 3.05) is 25.5 Å². The third-order valence-corrected chi connectivity index (χ3v) is 7.42. The minimum Gasteiger partial charge on any atom is -0.495 e. The van der Waals surface area contributed by atoms with Crippen LogP contribution < -0.4 is 10.1 Å².